The van der Waals surface area contributed by atoms with Gasteiger partial charge in [-0.2, -0.15) is 0 Å². The Bertz CT molecular complexity index is 491. The fourth-order valence-corrected chi connectivity index (χ4v) is 2.38. The summed E-state index contributed by atoms with van der Waals surface area (Å²) in [5.41, 5.74) is 0.379. The van der Waals surface area contributed by atoms with Crippen LogP contribution in [-0.4, -0.2) is 34.5 Å². The predicted octanol–water partition coefficient (Wildman–Crippen LogP) is 3.43. The number of carbonyl (C=O) groups is 2. The average Bonchev–Trinajstić information content (AvgIpc) is 2.27. The fraction of sp³-hybridized carbons (Fsp3) is 0.385. The van der Waals surface area contributed by atoms with E-state index in [2.05, 4.69) is 15.9 Å². The predicted molar refractivity (Wildman–Crippen MR) is 77.6 cm³/mol. The Hall–Kier alpha value is -1.07. The van der Waals surface area contributed by atoms with Crippen LogP contribution in [0, 0.1) is 0 Å². The number of nitrogens with zero attached hydrogens (tertiary/aromatic N) is 1. The van der Waals surface area contributed by atoms with Crippen LogP contribution in [0.2, 0.25) is 5.02 Å². The lowest BCUT2D eigenvalue weighted by molar-refractivity contribution is -0.137. The summed E-state index contributed by atoms with van der Waals surface area (Å²) in [5.74, 6) is -1.19. The molecule has 0 unspecified atom stereocenters. The molecule has 1 aromatic carbocycles. The molecular formula is C13H15BrClNO3. The molecule has 1 amide bonds. The fourth-order valence-electron chi connectivity index (χ4n) is 1.63. The molecule has 0 aromatic heterocycles. The van der Waals surface area contributed by atoms with Gasteiger partial charge in [0.1, 0.15) is 0 Å². The maximum Gasteiger partial charge on any atom is 0.305 e. The minimum atomic E-state index is -0.930. The van der Waals surface area contributed by atoms with E-state index in [4.69, 9.17) is 16.7 Å². The SMILES string of the molecule is CC(C)N(CCC(=O)O)C(=O)c1ccc(Br)cc1Cl. The molecule has 0 aliphatic heterocycles. The van der Waals surface area contributed by atoms with Crippen molar-refractivity contribution in [1.82, 2.24) is 4.90 Å². The molecule has 6 heteroatoms. The standard InChI is InChI=1S/C13H15BrClNO3/c1-8(2)16(6-5-12(17)18)13(19)10-4-3-9(14)7-11(10)15/h3-4,7-8H,5-6H2,1-2H3,(H,17,18). The van der Waals surface area contributed by atoms with Gasteiger partial charge in [0.25, 0.3) is 5.91 Å². The molecule has 0 aliphatic rings. The molecule has 0 aliphatic carbocycles. The molecule has 1 rings (SSSR count). The Morgan fingerprint density at radius 2 is 2.05 bits per heavy atom. The zero-order chi connectivity index (χ0) is 14.6. The molecule has 0 radical (unpaired) electrons. The van der Waals surface area contributed by atoms with Crippen molar-refractivity contribution in [3.05, 3.63) is 33.3 Å². The van der Waals surface area contributed by atoms with Gasteiger partial charge < -0.3 is 10.0 Å². The van der Waals surface area contributed by atoms with Crippen molar-refractivity contribution in [2.24, 2.45) is 0 Å². The molecule has 0 fully saturated rings. The molecule has 0 atom stereocenters. The lowest BCUT2D eigenvalue weighted by atomic mass is 10.1. The minimum Gasteiger partial charge on any atom is -0.481 e. The van der Waals surface area contributed by atoms with Crippen LogP contribution < -0.4 is 0 Å². The van der Waals surface area contributed by atoms with E-state index in [0.717, 1.165) is 4.47 Å². The van der Waals surface area contributed by atoms with Crippen molar-refractivity contribution in [3.63, 3.8) is 0 Å². The zero-order valence-electron chi connectivity index (χ0n) is 10.7. The summed E-state index contributed by atoms with van der Waals surface area (Å²) < 4.78 is 0.788. The van der Waals surface area contributed by atoms with Crippen LogP contribution in [0.5, 0.6) is 0 Å². The highest BCUT2D eigenvalue weighted by molar-refractivity contribution is 9.10. The van der Waals surface area contributed by atoms with Crippen molar-refractivity contribution in [1.29, 1.82) is 0 Å². The topological polar surface area (TPSA) is 57.6 Å². The van der Waals surface area contributed by atoms with Crippen LogP contribution in [0.3, 0.4) is 0 Å². The highest BCUT2D eigenvalue weighted by atomic mass is 79.9. The summed E-state index contributed by atoms with van der Waals surface area (Å²) in [5, 5.41) is 9.06. The van der Waals surface area contributed by atoms with Gasteiger partial charge in [-0.3, -0.25) is 9.59 Å². The third kappa shape index (κ3) is 4.51. The van der Waals surface area contributed by atoms with Crippen molar-refractivity contribution >= 4 is 39.4 Å². The van der Waals surface area contributed by atoms with E-state index < -0.39 is 5.97 Å². The lowest BCUT2D eigenvalue weighted by Crippen LogP contribution is -2.38. The average molecular weight is 349 g/mol. The normalized spacial score (nSPS) is 10.6. The first-order valence-electron chi connectivity index (χ1n) is 5.80. The van der Waals surface area contributed by atoms with Gasteiger partial charge >= 0.3 is 5.97 Å². The van der Waals surface area contributed by atoms with E-state index in [9.17, 15) is 9.59 Å². The number of aliphatic carboxylic acids is 1. The molecule has 0 heterocycles. The third-order valence-corrected chi connectivity index (χ3v) is 3.42. The number of hydrogen-bond donors (Lipinski definition) is 1. The van der Waals surface area contributed by atoms with Crippen molar-refractivity contribution in [2.75, 3.05) is 6.54 Å². The Balaban J connectivity index is 2.95. The van der Waals surface area contributed by atoms with Crippen LogP contribution in [0.25, 0.3) is 0 Å². The van der Waals surface area contributed by atoms with Gasteiger partial charge in [-0.05, 0) is 32.0 Å². The van der Waals surface area contributed by atoms with Crippen LogP contribution in [-0.2, 0) is 4.79 Å². The van der Waals surface area contributed by atoms with Gasteiger partial charge in [0.05, 0.1) is 17.0 Å². The molecular weight excluding hydrogens is 334 g/mol. The van der Waals surface area contributed by atoms with Gasteiger partial charge in [-0.25, -0.2) is 0 Å². The number of benzene rings is 1. The molecule has 104 valence electrons. The highest BCUT2D eigenvalue weighted by Crippen LogP contribution is 2.23. The first kappa shape index (κ1) is 16.0. The number of hydrogen-bond acceptors (Lipinski definition) is 2. The van der Waals surface area contributed by atoms with Gasteiger partial charge in [-0.1, -0.05) is 27.5 Å². The van der Waals surface area contributed by atoms with Crippen molar-refractivity contribution in [2.45, 2.75) is 26.3 Å². The van der Waals surface area contributed by atoms with Gasteiger partial charge in [0.15, 0.2) is 0 Å². The molecule has 19 heavy (non-hydrogen) atoms. The monoisotopic (exact) mass is 347 g/mol. The first-order valence-corrected chi connectivity index (χ1v) is 6.98. The Morgan fingerprint density at radius 1 is 1.42 bits per heavy atom. The number of carboxylic acid groups (broad SMARTS) is 1. The third-order valence-electron chi connectivity index (χ3n) is 2.61. The molecule has 0 spiro atoms. The Morgan fingerprint density at radius 3 is 2.53 bits per heavy atom. The van der Waals surface area contributed by atoms with Crippen LogP contribution in [0.1, 0.15) is 30.6 Å². The summed E-state index contributed by atoms with van der Waals surface area (Å²) in [6, 6.07) is 4.91. The van der Waals surface area contributed by atoms with Crippen molar-refractivity contribution < 1.29 is 14.7 Å². The number of halogens is 2. The molecule has 0 bridgehead atoms. The Labute approximate surface area is 125 Å². The second-order valence-corrected chi connectivity index (χ2v) is 5.68. The van der Waals surface area contributed by atoms with E-state index in [1.807, 2.05) is 13.8 Å². The second kappa shape index (κ2) is 6.91. The van der Waals surface area contributed by atoms with Crippen LogP contribution in [0.15, 0.2) is 22.7 Å². The largest absolute Gasteiger partial charge is 0.481 e. The molecule has 0 saturated heterocycles. The molecule has 0 saturated carbocycles. The smallest absolute Gasteiger partial charge is 0.305 e. The maximum atomic E-state index is 12.4. The summed E-state index contributed by atoms with van der Waals surface area (Å²) in [6.45, 7) is 3.84. The summed E-state index contributed by atoms with van der Waals surface area (Å²) in [6.07, 6.45) is -0.0853. The van der Waals surface area contributed by atoms with Crippen LogP contribution >= 0.6 is 27.5 Å². The van der Waals surface area contributed by atoms with E-state index in [1.54, 1.807) is 18.2 Å². The van der Waals surface area contributed by atoms with E-state index >= 15 is 0 Å². The summed E-state index contributed by atoms with van der Waals surface area (Å²) in [7, 11) is 0. The quantitative estimate of drug-likeness (QED) is 0.887. The van der Waals surface area contributed by atoms with Crippen molar-refractivity contribution in [3.8, 4) is 0 Å². The number of carboxylic acids is 1. The van der Waals surface area contributed by atoms with Crippen LogP contribution in [0.4, 0.5) is 0 Å². The van der Waals surface area contributed by atoms with Gasteiger partial charge in [0, 0.05) is 17.1 Å². The Kier molecular flexibility index (Phi) is 5.82. The summed E-state index contributed by atoms with van der Waals surface area (Å²) >= 11 is 9.32. The van der Waals surface area contributed by atoms with Gasteiger partial charge in [0.2, 0.25) is 0 Å². The molecule has 1 aromatic rings. The summed E-state index contributed by atoms with van der Waals surface area (Å²) in [4.78, 5) is 24.5. The molecule has 4 nitrogen and oxygen atoms in total. The number of rotatable bonds is 5. The second-order valence-electron chi connectivity index (χ2n) is 4.36. The number of carbonyl (C=O) groups excluding carboxylic acids is 1. The number of amides is 1. The highest BCUT2D eigenvalue weighted by Gasteiger charge is 2.21. The van der Waals surface area contributed by atoms with E-state index in [-0.39, 0.29) is 24.9 Å². The lowest BCUT2D eigenvalue weighted by Gasteiger charge is -2.26. The zero-order valence-corrected chi connectivity index (χ0v) is 13.0. The first-order chi connectivity index (χ1) is 8.82. The maximum absolute atomic E-state index is 12.4. The molecule has 1 N–H and O–H groups in total. The minimum absolute atomic E-state index is 0.0853. The van der Waals surface area contributed by atoms with E-state index in [1.165, 1.54) is 4.90 Å². The van der Waals surface area contributed by atoms with E-state index in [0.29, 0.717) is 10.6 Å². The van der Waals surface area contributed by atoms with Gasteiger partial charge in [-0.15, -0.1) is 0 Å².